The zero-order chi connectivity index (χ0) is 17.5. The van der Waals surface area contributed by atoms with Gasteiger partial charge in [0.1, 0.15) is 11.6 Å². The van der Waals surface area contributed by atoms with Crippen molar-refractivity contribution < 1.29 is 19.4 Å². The maximum absolute atomic E-state index is 12.3. The Bertz CT molecular complexity index is 607. The van der Waals surface area contributed by atoms with Crippen molar-refractivity contribution in [1.82, 2.24) is 4.90 Å². The van der Waals surface area contributed by atoms with Crippen LogP contribution in [-0.2, 0) is 9.53 Å². The Morgan fingerprint density at radius 3 is 2.54 bits per heavy atom. The summed E-state index contributed by atoms with van der Waals surface area (Å²) in [6.07, 6.45) is 10.4. The molecule has 0 aromatic carbocycles. The summed E-state index contributed by atoms with van der Waals surface area (Å²) in [7, 11) is 0. The van der Waals surface area contributed by atoms with Crippen molar-refractivity contribution in [3.8, 4) is 0 Å². The molecule has 3 rings (SSSR count). The molecule has 1 spiro atoms. The lowest BCUT2D eigenvalue weighted by molar-refractivity contribution is -0.142. The molecule has 2 aliphatic carbocycles. The van der Waals surface area contributed by atoms with Gasteiger partial charge < -0.3 is 9.84 Å². The zero-order valence-corrected chi connectivity index (χ0v) is 14.8. The molecule has 0 aromatic rings. The first-order valence-electron chi connectivity index (χ1n) is 8.78. The van der Waals surface area contributed by atoms with E-state index in [1.165, 1.54) is 29.7 Å². The molecule has 0 aromatic heterocycles. The molecule has 1 unspecified atom stereocenters. The number of carboxylic acid groups (broad SMARTS) is 1. The number of nitrogens with zero attached hydrogens (tertiary/aromatic N) is 1. The monoisotopic (exact) mass is 333 g/mol. The zero-order valence-electron chi connectivity index (χ0n) is 14.8. The minimum Gasteiger partial charge on any atom is -0.480 e. The number of allylic oxidation sites excluding steroid dienone is 3. The maximum atomic E-state index is 12.3. The largest absolute Gasteiger partial charge is 0.480 e. The van der Waals surface area contributed by atoms with Gasteiger partial charge in [-0.15, -0.1) is 0 Å². The lowest BCUT2D eigenvalue weighted by atomic mass is 9.86. The summed E-state index contributed by atoms with van der Waals surface area (Å²) in [6.45, 7) is 5.70. The van der Waals surface area contributed by atoms with Gasteiger partial charge >= 0.3 is 12.1 Å². The molecular formula is C19H27NO4. The lowest BCUT2D eigenvalue weighted by Crippen LogP contribution is -2.43. The summed E-state index contributed by atoms with van der Waals surface area (Å²) in [5, 5.41) is 9.44. The smallest absolute Gasteiger partial charge is 0.411 e. The Kier molecular flexibility index (Phi) is 4.22. The molecule has 1 amide bonds. The maximum Gasteiger partial charge on any atom is 0.411 e. The summed E-state index contributed by atoms with van der Waals surface area (Å²) < 4.78 is 5.36. The number of aliphatic carboxylic acids is 1. The number of carbonyl (C=O) groups is 2. The predicted molar refractivity (Wildman–Crippen MR) is 90.7 cm³/mol. The Labute approximate surface area is 143 Å². The first kappa shape index (κ1) is 17.1. The number of carbonyl (C=O) groups excluding carboxylic acids is 1. The third-order valence-corrected chi connectivity index (χ3v) is 5.21. The molecule has 1 aliphatic heterocycles. The van der Waals surface area contributed by atoms with E-state index in [9.17, 15) is 14.7 Å². The number of hydrogen-bond donors (Lipinski definition) is 1. The van der Waals surface area contributed by atoms with Crippen LogP contribution in [0, 0.1) is 5.41 Å². The van der Waals surface area contributed by atoms with Gasteiger partial charge in [0.2, 0.25) is 0 Å². The van der Waals surface area contributed by atoms with E-state index >= 15 is 0 Å². The summed E-state index contributed by atoms with van der Waals surface area (Å²) in [5.74, 6) is -0.973. The molecule has 1 N–H and O–H groups in total. The van der Waals surface area contributed by atoms with Gasteiger partial charge in [-0.05, 0) is 63.9 Å². The molecule has 5 heteroatoms. The Hall–Kier alpha value is -1.78. The number of rotatable bonds is 2. The average molecular weight is 333 g/mol. The van der Waals surface area contributed by atoms with Crippen molar-refractivity contribution in [2.24, 2.45) is 5.41 Å². The minimum atomic E-state index is -0.973. The summed E-state index contributed by atoms with van der Waals surface area (Å²) >= 11 is 0. The van der Waals surface area contributed by atoms with Crippen molar-refractivity contribution in [2.75, 3.05) is 6.54 Å². The van der Waals surface area contributed by atoms with Crippen LogP contribution in [0.3, 0.4) is 0 Å². The molecule has 132 valence electrons. The standard InChI is InChI=1S/C19H27NO4/c1-18(2,3)24-17(23)20-12-14(11-15(20)16(21)22)10-13-4-6-19(7-5-13)8-9-19/h4,10,15H,5-9,11-12H2,1-3H3,(H,21,22)/b14-10+. The summed E-state index contributed by atoms with van der Waals surface area (Å²) in [4.78, 5) is 25.2. The molecule has 1 atom stereocenters. The van der Waals surface area contributed by atoms with Crippen LogP contribution < -0.4 is 0 Å². The van der Waals surface area contributed by atoms with E-state index in [-0.39, 0.29) is 0 Å². The molecular weight excluding hydrogens is 306 g/mol. The second-order valence-corrected chi connectivity index (χ2v) is 8.45. The van der Waals surface area contributed by atoms with E-state index in [1.807, 2.05) is 0 Å². The van der Waals surface area contributed by atoms with Gasteiger partial charge in [-0.1, -0.05) is 17.7 Å². The van der Waals surface area contributed by atoms with Gasteiger partial charge in [0.25, 0.3) is 0 Å². The Morgan fingerprint density at radius 1 is 1.33 bits per heavy atom. The van der Waals surface area contributed by atoms with Crippen molar-refractivity contribution in [2.45, 2.75) is 70.9 Å². The molecule has 1 saturated heterocycles. The van der Waals surface area contributed by atoms with E-state index in [0.717, 1.165) is 18.4 Å². The highest BCUT2D eigenvalue weighted by Crippen LogP contribution is 2.55. The summed E-state index contributed by atoms with van der Waals surface area (Å²) in [5.41, 5.74) is 2.25. The van der Waals surface area contributed by atoms with Crippen LogP contribution >= 0.6 is 0 Å². The second-order valence-electron chi connectivity index (χ2n) is 8.45. The second kappa shape index (κ2) is 5.94. The highest BCUT2D eigenvalue weighted by molar-refractivity contribution is 5.82. The fraction of sp³-hybridized carbons (Fsp3) is 0.684. The van der Waals surface area contributed by atoms with E-state index in [4.69, 9.17) is 4.74 Å². The number of ether oxygens (including phenoxy) is 1. The normalized spacial score (nSPS) is 27.3. The highest BCUT2D eigenvalue weighted by atomic mass is 16.6. The van der Waals surface area contributed by atoms with Crippen LogP contribution in [-0.4, -0.2) is 40.3 Å². The van der Waals surface area contributed by atoms with Crippen LogP contribution in [0.1, 0.15) is 59.3 Å². The number of carboxylic acids is 1. The fourth-order valence-electron chi connectivity index (χ4n) is 3.58. The number of hydrogen-bond acceptors (Lipinski definition) is 3. The van der Waals surface area contributed by atoms with Crippen molar-refractivity contribution in [3.05, 3.63) is 23.3 Å². The Balaban J connectivity index is 1.70. The Morgan fingerprint density at radius 2 is 2.04 bits per heavy atom. The van der Waals surface area contributed by atoms with Gasteiger partial charge in [-0.3, -0.25) is 4.90 Å². The minimum absolute atomic E-state index is 0.342. The SMILES string of the molecule is CC(C)(C)OC(=O)N1C/C(=C/C2=CCC3(CC2)CC3)CC1C(=O)O. The predicted octanol–water partition coefficient (Wildman–Crippen LogP) is 3.90. The van der Waals surface area contributed by atoms with Gasteiger partial charge in [-0.25, -0.2) is 9.59 Å². The third-order valence-electron chi connectivity index (χ3n) is 5.21. The van der Waals surface area contributed by atoms with Gasteiger partial charge in [0, 0.05) is 13.0 Å². The first-order valence-corrected chi connectivity index (χ1v) is 8.78. The van der Waals surface area contributed by atoms with E-state index in [0.29, 0.717) is 18.4 Å². The lowest BCUT2D eigenvalue weighted by Gasteiger charge is -2.26. The van der Waals surface area contributed by atoms with Gasteiger partial charge in [0.05, 0.1) is 0 Å². The summed E-state index contributed by atoms with van der Waals surface area (Å²) in [6, 6.07) is -0.829. The molecule has 1 saturated carbocycles. The molecule has 24 heavy (non-hydrogen) atoms. The molecule has 0 radical (unpaired) electrons. The highest BCUT2D eigenvalue weighted by Gasteiger charge is 2.43. The van der Waals surface area contributed by atoms with E-state index in [1.54, 1.807) is 20.8 Å². The third kappa shape index (κ3) is 3.82. The first-order chi connectivity index (χ1) is 11.2. The van der Waals surface area contributed by atoms with E-state index in [2.05, 4.69) is 12.2 Å². The molecule has 0 bridgehead atoms. The molecule has 3 aliphatic rings. The van der Waals surface area contributed by atoms with Crippen LogP contribution in [0.5, 0.6) is 0 Å². The van der Waals surface area contributed by atoms with Crippen LogP contribution in [0.15, 0.2) is 23.3 Å². The quantitative estimate of drug-likeness (QED) is 0.832. The molecule has 5 nitrogen and oxygen atoms in total. The van der Waals surface area contributed by atoms with Crippen molar-refractivity contribution in [1.29, 1.82) is 0 Å². The van der Waals surface area contributed by atoms with Gasteiger partial charge in [-0.2, -0.15) is 0 Å². The average Bonchev–Trinajstić information content (AvgIpc) is 3.07. The van der Waals surface area contributed by atoms with Gasteiger partial charge in [0.15, 0.2) is 0 Å². The van der Waals surface area contributed by atoms with E-state index < -0.39 is 23.7 Å². The fourth-order valence-corrected chi connectivity index (χ4v) is 3.58. The van der Waals surface area contributed by atoms with Crippen molar-refractivity contribution >= 4 is 12.1 Å². The van der Waals surface area contributed by atoms with Crippen LogP contribution in [0.25, 0.3) is 0 Å². The van der Waals surface area contributed by atoms with Crippen LogP contribution in [0.4, 0.5) is 4.79 Å². The number of amides is 1. The van der Waals surface area contributed by atoms with Crippen molar-refractivity contribution in [3.63, 3.8) is 0 Å². The molecule has 1 heterocycles. The van der Waals surface area contributed by atoms with Crippen LogP contribution in [0.2, 0.25) is 0 Å². The molecule has 2 fully saturated rings. The topological polar surface area (TPSA) is 66.8 Å². The number of likely N-dealkylation sites (tertiary alicyclic amines) is 1.